The lowest BCUT2D eigenvalue weighted by Crippen LogP contribution is -2.42. The molecular formula is C23H34N4O3. The topological polar surface area (TPSA) is 101 Å². The number of unbranched alkanes of at least 4 members (excludes halogenated alkanes) is 3. The number of aromatic amines is 1. The Morgan fingerprint density at radius 1 is 1.07 bits per heavy atom. The fourth-order valence-corrected chi connectivity index (χ4v) is 3.44. The van der Waals surface area contributed by atoms with Crippen molar-refractivity contribution in [2.75, 3.05) is 17.2 Å². The number of nitrogens with two attached hydrogens (primary N) is 1. The monoisotopic (exact) mass is 414 g/mol. The van der Waals surface area contributed by atoms with Gasteiger partial charge in [-0.25, -0.2) is 4.79 Å². The fraction of sp³-hybridized carbons (Fsp3) is 0.522. The van der Waals surface area contributed by atoms with Crippen LogP contribution in [0.3, 0.4) is 0 Å². The second-order valence-corrected chi connectivity index (χ2v) is 7.85. The molecule has 0 spiro atoms. The van der Waals surface area contributed by atoms with Crippen LogP contribution in [0.1, 0.15) is 62.6 Å². The summed E-state index contributed by atoms with van der Waals surface area (Å²) in [5.74, 6) is -0.144. The van der Waals surface area contributed by atoms with Crippen molar-refractivity contribution in [2.24, 2.45) is 0 Å². The van der Waals surface area contributed by atoms with Crippen LogP contribution in [0.2, 0.25) is 0 Å². The average Bonchev–Trinajstić information content (AvgIpc) is 2.69. The van der Waals surface area contributed by atoms with Crippen molar-refractivity contribution in [2.45, 2.75) is 72.8 Å². The van der Waals surface area contributed by atoms with E-state index in [2.05, 4.69) is 11.9 Å². The second-order valence-electron chi connectivity index (χ2n) is 7.85. The normalized spacial score (nSPS) is 10.9. The van der Waals surface area contributed by atoms with Crippen LogP contribution in [0, 0.1) is 13.8 Å². The van der Waals surface area contributed by atoms with E-state index in [9.17, 15) is 14.4 Å². The Hall–Kier alpha value is -2.83. The number of carbonyl (C=O) groups excluding carboxylic acids is 1. The van der Waals surface area contributed by atoms with Crippen LogP contribution < -0.4 is 21.9 Å². The molecule has 2 rings (SSSR count). The first-order valence-electron chi connectivity index (χ1n) is 10.8. The van der Waals surface area contributed by atoms with E-state index in [1.54, 1.807) is 0 Å². The maximum atomic E-state index is 13.2. The van der Waals surface area contributed by atoms with Crippen LogP contribution in [-0.4, -0.2) is 22.0 Å². The number of hydrogen-bond donors (Lipinski definition) is 2. The molecule has 7 nitrogen and oxygen atoms in total. The highest BCUT2D eigenvalue weighted by molar-refractivity contribution is 5.96. The predicted molar refractivity (Wildman–Crippen MR) is 122 cm³/mol. The van der Waals surface area contributed by atoms with Crippen molar-refractivity contribution >= 4 is 17.4 Å². The minimum atomic E-state index is -0.616. The van der Waals surface area contributed by atoms with Crippen molar-refractivity contribution in [1.29, 1.82) is 0 Å². The van der Waals surface area contributed by atoms with E-state index in [0.717, 1.165) is 48.8 Å². The smallest absolute Gasteiger partial charge is 0.330 e. The molecule has 164 valence electrons. The maximum Gasteiger partial charge on any atom is 0.330 e. The lowest BCUT2D eigenvalue weighted by molar-refractivity contribution is -0.118. The van der Waals surface area contributed by atoms with Crippen molar-refractivity contribution in [1.82, 2.24) is 9.55 Å². The van der Waals surface area contributed by atoms with Crippen LogP contribution in [-0.2, 0) is 17.8 Å². The number of amides is 1. The molecule has 0 aliphatic rings. The van der Waals surface area contributed by atoms with Crippen LogP contribution in [0.25, 0.3) is 0 Å². The lowest BCUT2D eigenvalue weighted by atomic mass is 10.0. The lowest BCUT2D eigenvalue weighted by Gasteiger charge is -2.25. The highest BCUT2D eigenvalue weighted by Crippen LogP contribution is 2.20. The molecule has 0 saturated carbocycles. The molecule has 1 aromatic carbocycles. The molecule has 1 amide bonds. The Bertz CT molecular complexity index is 991. The number of rotatable bonds is 10. The number of aromatic nitrogens is 2. The number of benzene rings is 1. The molecule has 0 atom stereocenters. The van der Waals surface area contributed by atoms with E-state index in [-0.39, 0.29) is 23.8 Å². The standard InChI is InChI=1S/C23H34N4O3/c1-5-7-9-13-26(19(28)15-18-11-10-16(3)17(4)14-18)20-21(24)27(12-8-6-2)23(30)25-22(20)29/h10-11,14H,5-9,12-13,15,24H2,1-4H3,(H,25,29,30). The fourth-order valence-electron chi connectivity index (χ4n) is 3.44. The van der Waals surface area contributed by atoms with E-state index in [4.69, 9.17) is 5.73 Å². The van der Waals surface area contributed by atoms with Gasteiger partial charge in [-0.05, 0) is 43.4 Å². The molecule has 0 radical (unpaired) electrons. The van der Waals surface area contributed by atoms with Crippen molar-refractivity contribution in [3.05, 3.63) is 55.7 Å². The molecule has 0 aliphatic heterocycles. The van der Waals surface area contributed by atoms with Gasteiger partial charge in [0.25, 0.3) is 5.56 Å². The van der Waals surface area contributed by atoms with Gasteiger partial charge < -0.3 is 10.6 Å². The zero-order valence-electron chi connectivity index (χ0n) is 18.6. The SMILES string of the molecule is CCCCCN(C(=O)Cc1ccc(C)c(C)c1)c1c(N)n(CCCC)c(=O)[nH]c1=O. The van der Waals surface area contributed by atoms with E-state index in [1.165, 1.54) is 9.47 Å². The molecule has 0 fully saturated rings. The van der Waals surface area contributed by atoms with Gasteiger partial charge >= 0.3 is 5.69 Å². The minimum absolute atomic E-state index is 0.0575. The molecule has 2 aromatic rings. The van der Waals surface area contributed by atoms with Crippen LogP contribution in [0.4, 0.5) is 11.5 Å². The molecule has 1 heterocycles. The van der Waals surface area contributed by atoms with E-state index >= 15 is 0 Å². The molecular weight excluding hydrogens is 380 g/mol. The Morgan fingerprint density at radius 2 is 1.77 bits per heavy atom. The van der Waals surface area contributed by atoms with Crippen molar-refractivity contribution < 1.29 is 4.79 Å². The van der Waals surface area contributed by atoms with Gasteiger partial charge in [0.15, 0.2) is 5.69 Å². The summed E-state index contributed by atoms with van der Waals surface area (Å²) < 4.78 is 1.36. The van der Waals surface area contributed by atoms with Crippen molar-refractivity contribution in [3.63, 3.8) is 0 Å². The molecule has 0 unspecified atom stereocenters. The van der Waals surface area contributed by atoms with Crippen molar-refractivity contribution in [3.8, 4) is 0 Å². The number of aryl methyl sites for hydroxylation is 2. The van der Waals surface area contributed by atoms with Gasteiger partial charge in [-0.3, -0.25) is 19.1 Å². The zero-order valence-corrected chi connectivity index (χ0v) is 18.6. The van der Waals surface area contributed by atoms with Gasteiger partial charge in [0, 0.05) is 13.1 Å². The predicted octanol–water partition coefficient (Wildman–Crippen LogP) is 3.30. The van der Waals surface area contributed by atoms with Gasteiger partial charge in [-0.1, -0.05) is 51.3 Å². The summed E-state index contributed by atoms with van der Waals surface area (Å²) in [4.78, 5) is 42.0. The van der Waals surface area contributed by atoms with Crippen LogP contribution in [0.15, 0.2) is 27.8 Å². The van der Waals surface area contributed by atoms with Crippen LogP contribution in [0.5, 0.6) is 0 Å². The Balaban J connectivity index is 2.45. The first-order valence-corrected chi connectivity index (χ1v) is 10.8. The Morgan fingerprint density at radius 3 is 2.40 bits per heavy atom. The highest BCUT2D eigenvalue weighted by Gasteiger charge is 2.24. The van der Waals surface area contributed by atoms with Crippen LogP contribution >= 0.6 is 0 Å². The van der Waals surface area contributed by atoms with Gasteiger partial charge in [0.1, 0.15) is 5.82 Å². The largest absolute Gasteiger partial charge is 0.383 e. The quantitative estimate of drug-likeness (QED) is 0.582. The average molecular weight is 415 g/mol. The van der Waals surface area contributed by atoms with E-state index in [0.29, 0.717) is 13.1 Å². The molecule has 0 bridgehead atoms. The molecule has 7 heteroatoms. The van der Waals surface area contributed by atoms with Gasteiger partial charge in [0.05, 0.1) is 6.42 Å². The number of nitrogens with one attached hydrogen (secondary N) is 1. The summed E-state index contributed by atoms with van der Waals surface area (Å²) in [6, 6.07) is 5.92. The number of hydrogen-bond acceptors (Lipinski definition) is 4. The number of H-pyrrole nitrogens is 1. The number of nitrogen functional groups attached to an aromatic ring is 1. The van der Waals surface area contributed by atoms with E-state index in [1.807, 2.05) is 39.0 Å². The summed E-state index contributed by atoms with van der Waals surface area (Å²) in [5.41, 5.74) is 8.34. The number of anilines is 2. The highest BCUT2D eigenvalue weighted by atomic mass is 16.2. The van der Waals surface area contributed by atoms with E-state index < -0.39 is 11.2 Å². The van der Waals surface area contributed by atoms with Gasteiger partial charge in [0.2, 0.25) is 5.91 Å². The molecule has 0 saturated heterocycles. The summed E-state index contributed by atoms with van der Waals surface area (Å²) >= 11 is 0. The minimum Gasteiger partial charge on any atom is -0.383 e. The Labute approximate surface area is 177 Å². The Kier molecular flexibility index (Phi) is 8.45. The van der Waals surface area contributed by atoms with Gasteiger partial charge in [-0.2, -0.15) is 0 Å². The second kappa shape index (κ2) is 10.8. The summed E-state index contributed by atoms with van der Waals surface area (Å²) in [6.07, 6.45) is 4.47. The zero-order chi connectivity index (χ0) is 22.3. The summed E-state index contributed by atoms with van der Waals surface area (Å²) in [7, 11) is 0. The first kappa shape index (κ1) is 23.4. The molecule has 0 aliphatic carbocycles. The molecule has 1 aromatic heterocycles. The third-order valence-electron chi connectivity index (χ3n) is 5.43. The van der Waals surface area contributed by atoms with Gasteiger partial charge in [-0.15, -0.1) is 0 Å². The first-order chi connectivity index (χ1) is 14.3. The third-order valence-corrected chi connectivity index (χ3v) is 5.43. The molecule has 3 N–H and O–H groups in total. The maximum absolute atomic E-state index is 13.2. The number of nitrogens with zero attached hydrogens (tertiary/aromatic N) is 2. The summed E-state index contributed by atoms with van der Waals surface area (Å²) in [6.45, 7) is 8.91. The third kappa shape index (κ3) is 5.62. The molecule has 30 heavy (non-hydrogen) atoms. The number of carbonyl (C=O) groups is 1. The summed E-state index contributed by atoms with van der Waals surface area (Å²) in [5, 5.41) is 0.